The molecule has 6 heteroatoms. The van der Waals surface area contributed by atoms with Crippen molar-refractivity contribution in [3.05, 3.63) is 21.2 Å². The third-order valence-electron chi connectivity index (χ3n) is 2.55. The Labute approximate surface area is 114 Å². The van der Waals surface area contributed by atoms with E-state index in [0.29, 0.717) is 16.2 Å². The third-order valence-corrected chi connectivity index (χ3v) is 3.50. The van der Waals surface area contributed by atoms with Gasteiger partial charge in [-0.2, -0.15) is 0 Å². The summed E-state index contributed by atoms with van der Waals surface area (Å²) in [6.07, 6.45) is 2.20. The van der Waals surface area contributed by atoms with Gasteiger partial charge in [0.15, 0.2) is 0 Å². The number of H-pyrrole nitrogens is 1. The number of halogens is 2. The van der Waals surface area contributed by atoms with E-state index in [9.17, 15) is 4.79 Å². The van der Waals surface area contributed by atoms with Crippen LogP contribution in [0, 0.1) is 5.41 Å². The second-order valence-corrected chi connectivity index (χ2v) is 6.11. The fraction of sp³-hybridized carbons (Fsp3) is 0.636. The fourth-order valence-corrected chi connectivity index (χ4v) is 2.03. The van der Waals surface area contributed by atoms with Crippen molar-refractivity contribution in [3.63, 3.8) is 0 Å². The number of nitrogens with one attached hydrogen (secondary N) is 2. The molecule has 17 heavy (non-hydrogen) atoms. The number of aromatic nitrogens is 2. The zero-order chi connectivity index (χ0) is 13.1. The third kappa shape index (κ3) is 4.00. The monoisotopic (exact) mass is 321 g/mol. The van der Waals surface area contributed by atoms with Crippen molar-refractivity contribution in [2.45, 2.75) is 33.2 Å². The van der Waals surface area contributed by atoms with Gasteiger partial charge in [-0.1, -0.05) is 20.8 Å². The van der Waals surface area contributed by atoms with Gasteiger partial charge in [-0.3, -0.25) is 4.79 Å². The van der Waals surface area contributed by atoms with E-state index in [1.54, 1.807) is 0 Å². The lowest BCUT2D eigenvalue weighted by Crippen LogP contribution is -2.35. The molecule has 1 heterocycles. The van der Waals surface area contributed by atoms with Crippen molar-refractivity contribution in [3.8, 4) is 0 Å². The molecule has 0 fully saturated rings. The molecule has 0 radical (unpaired) electrons. The Morgan fingerprint density at radius 2 is 2.24 bits per heavy atom. The zero-order valence-electron chi connectivity index (χ0n) is 10.2. The first kappa shape index (κ1) is 14.5. The summed E-state index contributed by atoms with van der Waals surface area (Å²) in [4.78, 5) is 18.0. The van der Waals surface area contributed by atoms with Crippen LogP contribution < -0.4 is 10.9 Å². The van der Waals surface area contributed by atoms with Crippen LogP contribution in [-0.4, -0.2) is 21.9 Å². The molecule has 1 atom stereocenters. The summed E-state index contributed by atoms with van der Waals surface area (Å²) in [5.41, 5.74) is -0.153. The Kier molecular flexibility index (Phi) is 5.01. The highest BCUT2D eigenvalue weighted by Gasteiger charge is 2.25. The van der Waals surface area contributed by atoms with Crippen LogP contribution >= 0.6 is 27.5 Å². The molecule has 1 rings (SSSR count). The Hall–Kier alpha value is -0.550. The highest BCUT2D eigenvalue weighted by atomic mass is 79.9. The van der Waals surface area contributed by atoms with Crippen LogP contribution in [0.5, 0.6) is 0 Å². The number of hydrogen-bond acceptors (Lipinski definition) is 3. The highest BCUT2D eigenvalue weighted by molar-refractivity contribution is 9.10. The lowest BCUT2D eigenvalue weighted by Gasteiger charge is -2.31. The van der Waals surface area contributed by atoms with Crippen molar-refractivity contribution < 1.29 is 0 Å². The van der Waals surface area contributed by atoms with E-state index in [1.165, 1.54) is 6.33 Å². The Morgan fingerprint density at radius 1 is 1.59 bits per heavy atom. The predicted octanol–water partition coefficient (Wildman–Crippen LogP) is 2.99. The molecule has 2 N–H and O–H groups in total. The van der Waals surface area contributed by atoms with Gasteiger partial charge in [-0.05, 0) is 27.8 Å². The molecule has 0 aliphatic rings. The molecule has 0 aromatic carbocycles. The van der Waals surface area contributed by atoms with Gasteiger partial charge in [0.25, 0.3) is 5.56 Å². The Bertz CT molecular complexity index is 427. The molecule has 4 nitrogen and oxygen atoms in total. The maximum absolute atomic E-state index is 11.4. The van der Waals surface area contributed by atoms with E-state index >= 15 is 0 Å². The van der Waals surface area contributed by atoms with Gasteiger partial charge >= 0.3 is 0 Å². The molecular weight excluding hydrogens is 305 g/mol. The number of nitrogens with zero attached hydrogens (tertiary/aromatic N) is 1. The molecule has 1 aromatic heterocycles. The number of rotatable bonds is 4. The molecular formula is C11H17BrClN3O. The summed E-state index contributed by atoms with van der Waals surface area (Å²) < 4.78 is 0.420. The maximum Gasteiger partial charge on any atom is 0.267 e. The van der Waals surface area contributed by atoms with Gasteiger partial charge in [0.05, 0.1) is 6.33 Å². The smallest absolute Gasteiger partial charge is 0.267 e. The van der Waals surface area contributed by atoms with Gasteiger partial charge in [0.1, 0.15) is 10.3 Å². The largest absolute Gasteiger partial charge is 0.366 e. The van der Waals surface area contributed by atoms with Crippen molar-refractivity contribution in [1.82, 2.24) is 9.97 Å². The standard InChI is InChI=1S/C11H17BrClN3O/c1-11(2,3)7(4-5-13)16-9-8(12)10(17)15-6-14-9/h6-7H,4-5H2,1-3H3,(H2,14,15,16,17). The summed E-state index contributed by atoms with van der Waals surface area (Å²) >= 11 is 9.02. The van der Waals surface area contributed by atoms with E-state index in [1.807, 2.05) is 0 Å². The van der Waals surface area contributed by atoms with Gasteiger partial charge in [-0.15, -0.1) is 11.6 Å². The van der Waals surface area contributed by atoms with Crippen LogP contribution in [0.2, 0.25) is 0 Å². The van der Waals surface area contributed by atoms with Crippen molar-refractivity contribution in [2.75, 3.05) is 11.2 Å². The predicted molar refractivity (Wildman–Crippen MR) is 74.8 cm³/mol. The number of alkyl halides is 1. The van der Waals surface area contributed by atoms with E-state index in [0.717, 1.165) is 6.42 Å². The lowest BCUT2D eigenvalue weighted by molar-refractivity contribution is 0.334. The van der Waals surface area contributed by atoms with Crippen LogP contribution in [0.4, 0.5) is 5.82 Å². The van der Waals surface area contributed by atoms with Crippen molar-refractivity contribution >= 4 is 33.3 Å². The van der Waals surface area contributed by atoms with Gasteiger partial charge < -0.3 is 10.3 Å². The second-order valence-electron chi connectivity index (χ2n) is 4.93. The van der Waals surface area contributed by atoms with E-state index < -0.39 is 0 Å². The molecule has 1 unspecified atom stereocenters. The first-order valence-corrected chi connectivity index (χ1v) is 6.74. The van der Waals surface area contributed by atoms with E-state index in [2.05, 4.69) is 52.0 Å². The molecule has 0 bridgehead atoms. The lowest BCUT2D eigenvalue weighted by atomic mass is 9.85. The maximum atomic E-state index is 11.4. The minimum absolute atomic E-state index is 0.0403. The molecule has 0 aliphatic heterocycles. The van der Waals surface area contributed by atoms with Crippen LogP contribution in [0.1, 0.15) is 27.2 Å². The number of hydrogen-bond donors (Lipinski definition) is 2. The Morgan fingerprint density at radius 3 is 2.76 bits per heavy atom. The molecule has 1 aromatic rings. The molecule has 0 aliphatic carbocycles. The van der Waals surface area contributed by atoms with Crippen LogP contribution in [-0.2, 0) is 0 Å². The summed E-state index contributed by atoms with van der Waals surface area (Å²) in [7, 11) is 0. The molecule has 0 saturated carbocycles. The van der Waals surface area contributed by atoms with E-state index in [4.69, 9.17) is 11.6 Å². The molecule has 0 saturated heterocycles. The molecule has 96 valence electrons. The first-order chi connectivity index (χ1) is 7.86. The highest BCUT2D eigenvalue weighted by Crippen LogP contribution is 2.26. The van der Waals surface area contributed by atoms with E-state index in [-0.39, 0.29) is 17.0 Å². The van der Waals surface area contributed by atoms with Gasteiger partial charge in [0.2, 0.25) is 0 Å². The van der Waals surface area contributed by atoms with Crippen LogP contribution in [0.3, 0.4) is 0 Å². The first-order valence-electron chi connectivity index (χ1n) is 5.42. The minimum atomic E-state index is -0.193. The summed E-state index contributed by atoms with van der Waals surface area (Å²) in [5.74, 6) is 1.12. The summed E-state index contributed by atoms with van der Waals surface area (Å²) in [6.45, 7) is 6.37. The summed E-state index contributed by atoms with van der Waals surface area (Å²) in [6, 6.07) is 0.158. The molecule has 0 amide bonds. The van der Waals surface area contributed by atoms with Crippen LogP contribution in [0.25, 0.3) is 0 Å². The van der Waals surface area contributed by atoms with Crippen molar-refractivity contribution in [2.24, 2.45) is 5.41 Å². The quantitative estimate of drug-likeness (QED) is 0.838. The van der Waals surface area contributed by atoms with Gasteiger partial charge in [0, 0.05) is 11.9 Å². The average Bonchev–Trinajstić information content (AvgIpc) is 2.22. The Balaban J connectivity index is 2.94. The minimum Gasteiger partial charge on any atom is -0.366 e. The van der Waals surface area contributed by atoms with Crippen LogP contribution in [0.15, 0.2) is 15.6 Å². The summed E-state index contributed by atoms with van der Waals surface area (Å²) in [5, 5.41) is 3.27. The topological polar surface area (TPSA) is 57.8 Å². The molecule has 0 spiro atoms. The van der Waals surface area contributed by atoms with Crippen molar-refractivity contribution in [1.29, 1.82) is 0 Å². The fourth-order valence-electron chi connectivity index (χ4n) is 1.48. The van der Waals surface area contributed by atoms with Gasteiger partial charge in [-0.25, -0.2) is 4.98 Å². The normalized spacial score (nSPS) is 13.5. The number of anilines is 1. The average molecular weight is 323 g/mol. The zero-order valence-corrected chi connectivity index (χ0v) is 12.5. The number of aromatic amines is 1. The SMILES string of the molecule is CC(C)(C)C(CCCl)Nc1nc[nH]c(=O)c1Br. The second kappa shape index (κ2) is 5.87.